The zero-order chi connectivity index (χ0) is 13.3. The number of aryl methyl sites for hydroxylation is 1. The normalized spacial score (nSPS) is 12.6. The smallest absolute Gasteiger partial charge is 0.339 e. The fraction of sp³-hybridized carbons (Fsp3) is 0.364. The Morgan fingerprint density at radius 1 is 1.56 bits per heavy atom. The SMILES string of the molecule is CC(O)CNc1c(C(=O)O)cnc2c1cnn2C. The lowest BCUT2D eigenvalue weighted by molar-refractivity contribution is 0.0697. The second-order valence-electron chi connectivity index (χ2n) is 4.09. The van der Waals surface area contributed by atoms with E-state index in [1.807, 2.05) is 0 Å². The Kier molecular flexibility index (Phi) is 3.15. The zero-order valence-corrected chi connectivity index (χ0v) is 10.1. The molecule has 0 saturated carbocycles. The molecule has 0 radical (unpaired) electrons. The molecule has 0 aromatic carbocycles. The number of hydrogen-bond acceptors (Lipinski definition) is 5. The number of aliphatic hydroxyl groups excluding tert-OH is 1. The van der Waals surface area contributed by atoms with Crippen molar-refractivity contribution in [3.8, 4) is 0 Å². The van der Waals surface area contributed by atoms with Gasteiger partial charge in [-0.15, -0.1) is 0 Å². The van der Waals surface area contributed by atoms with E-state index in [0.29, 0.717) is 16.7 Å². The molecule has 2 heterocycles. The molecule has 1 unspecified atom stereocenters. The Hall–Kier alpha value is -2.15. The number of aliphatic hydroxyl groups is 1. The summed E-state index contributed by atoms with van der Waals surface area (Å²) in [5.41, 5.74) is 1.09. The van der Waals surface area contributed by atoms with E-state index < -0.39 is 12.1 Å². The Balaban J connectivity index is 2.55. The Bertz CT molecular complexity index is 591. The lowest BCUT2D eigenvalue weighted by Crippen LogP contribution is -2.17. The molecule has 0 aliphatic heterocycles. The third kappa shape index (κ3) is 2.12. The Morgan fingerprint density at radius 2 is 2.28 bits per heavy atom. The molecule has 0 spiro atoms. The monoisotopic (exact) mass is 250 g/mol. The predicted octanol–water partition coefficient (Wildman–Crippen LogP) is 0.459. The van der Waals surface area contributed by atoms with Crippen molar-refractivity contribution in [3.05, 3.63) is 18.0 Å². The number of pyridine rings is 1. The molecular formula is C11H14N4O3. The second-order valence-corrected chi connectivity index (χ2v) is 4.09. The highest BCUT2D eigenvalue weighted by Gasteiger charge is 2.16. The highest BCUT2D eigenvalue weighted by atomic mass is 16.4. The molecule has 1 atom stereocenters. The van der Waals surface area contributed by atoms with E-state index in [0.717, 1.165) is 0 Å². The Labute approximate surface area is 103 Å². The molecule has 0 bridgehead atoms. The summed E-state index contributed by atoms with van der Waals surface area (Å²) in [6, 6.07) is 0. The molecule has 0 aliphatic rings. The van der Waals surface area contributed by atoms with Crippen LogP contribution in [0.25, 0.3) is 11.0 Å². The van der Waals surface area contributed by atoms with Crippen molar-refractivity contribution in [3.63, 3.8) is 0 Å². The highest BCUT2D eigenvalue weighted by molar-refractivity contribution is 6.03. The topological polar surface area (TPSA) is 100 Å². The molecule has 0 saturated heterocycles. The fourth-order valence-corrected chi connectivity index (χ4v) is 1.70. The highest BCUT2D eigenvalue weighted by Crippen LogP contribution is 2.25. The van der Waals surface area contributed by atoms with Crippen LogP contribution >= 0.6 is 0 Å². The van der Waals surface area contributed by atoms with E-state index in [-0.39, 0.29) is 12.1 Å². The average molecular weight is 250 g/mol. The van der Waals surface area contributed by atoms with Gasteiger partial charge in [-0.3, -0.25) is 4.68 Å². The maximum absolute atomic E-state index is 11.1. The molecular weight excluding hydrogens is 236 g/mol. The summed E-state index contributed by atoms with van der Waals surface area (Å²) in [5.74, 6) is -1.07. The summed E-state index contributed by atoms with van der Waals surface area (Å²) >= 11 is 0. The molecule has 0 fully saturated rings. The molecule has 96 valence electrons. The van der Waals surface area contributed by atoms with Crippen LogP contribution in [0.4, 0.5) is 5.69 Å². The molecule has 2 aromatic heterocycles. The van der Waals surface area contributed by atoms with Gasteiger partial charge in [-0.25, -0.2) is 9.78 Å². The number of carboxylic acid groups (broad SMARTS) is 1. The van der Waals surface area contributed by atoms with E-state index in [4.69, 9.17) is 5.11 Å². The lowest BCUT2D eigenvalue weighted by atomic mass is 10.1. The average Bonchev–Trinajstić information content (AvgIpc) is 2.68. The predicted molar refractivity (Wildman–Crippen MR) is 65.6 cm³/mol. The van der Waals surface area contributed by atoms with Gasteiger partial charge in [0.05, 0.1) is 23.4 Å². The van der Waals surface area contributed by atoms with E-state index >= 15 is 0 Å². The van der Waals surface area contributed by atoms with Crippen LogP contribution in [0.5, 0.6) is 0 Å². The summed E-state index contributed by atoms with van der Waals surface area (Å²) in [6.07, 6.45) is 2.27. The van der Waals surface area contributed by atoms with Gasteiger partial charge in [-0.05, 0) is 6.92 Å². The minimum atomic E-state index is -1.07. The number of aromatic nitrogens is 3. The van der Waals surface area contributed by atoms with Gasteiger partial charge in [0, 0.05) is 19.8 Å². The van der Waals surface area contributed by atoms with Crippen molar-refractivity contribution in [1.82, 2.24) is 14.8 Å². The number of nitrogens with zero attached hydrogens (tertiary/aromatic N) is 3. The van der Waals surface area contributed by atoms with Gasteiger partial charge in [-0.1, -0.05) is 0 Å². The number of aromatic carboxylic acids is 1. The number of carboxylic acids is 1. The molecule has 7 nitrogen and oxygen atoms in total. The summed E-state index contributed by atoms with van der Waals surface area (Å²) in [6.45, 7) is 1.88. The van der Waals surface area contributed by atoms with Crippen molar-refractivity contribution in [2.24, 2.45) is 7.05 Å². The number of hydrogen-bond donors (Lipinski definition) is 3. The molecule has 2 rings (SSSR count). The van der Waals surface area contributed by atoms with Crippen LogP contribution in [-0.4, -0.2) is 43.6 Å². The van der Waals surface area contributed by atoms with Crippen LogP contribution < -0.4 is 5.32 Å². The van der Waals surface area contributed by atoms with Crippen LogP contribution in [0.1, 0.15) is 17.3 Å². The molecule has 18 heavy (non-hydrogen) atoms. The van der Waals surface area contributed by atoms with Crippen LogP contribution in [0, 0.1) is 0 Å². The van der Waals surface area contributed by atoms with Gasteiger partial charge in [0.2, 0.25) is 0 Å². The standard InChI is InChI=1S/C11H14N4O3/c1-6(16)3-12-9-7-5-14-15(2)10(7)13-4-8(9)11(17)18/h4-6,16H,3H2,1-2H3,(H,12,13)(H,17,18). The van der Waals surface area contributed by atoms with Crippen molar-refractivity contribution >= 4 is 22.7 Å². The number of carbonyl (C=O) groups is 1. The summed E-state index contributed by atoms with van der Waals surface area (Å²) in [5, 5.41) is 26.0. The van der Waals surface area contributed by atoms with Crippen molar-refractivity contribution in [2.75, 3.05) is 11.9 Å². The van der Waals surface area contributed by atoms with Crippen molar-refractivity contribution in [1.29, 1.82) is 0 Å². The van der Waals surface area contributed by atoms with Gasteiger partial charge in [0.25, 0.3) is 0 Å². The van der Waals surface area contributed by atoms with E-state index in [1.165, 1.54) is 6.20 Å². The first-order valence-corrected chi connectivity index (χ1v) is 5.46. The summed E-state index contributed by atoms with van der Waals surface area (Å²) in [7, 11) is 1.73. The van der Waals surface area contributed by atoms with Crippen molar-refractivity contribution < 1.29 is 15.0 Å². The van der Waals surface area contributed by atoms with E-state index in [9.17, 15) is 9.90 Å². The first-order valence-electron chi connectivity index (χ1n) is 5.46. The summed E-state index contributed by atoms with van der Waals surface area (Å²) < 4.78 is 1.56. The fourth-order valence-electron chi connectivity index (χ4n) is 1.70. The minimum absolute atomic E-state index is 0.0659. The van der Waals surface area contributed by atoms with Gasteiger partial charge in [-0.2, -0.15) is 5.10 Å². The number of nitrogens with one attached hydrogen (secondary N) is 1. The third-order valence-corrected chi connectivity index (χ3v) is 2.57. The van der Waals surface area contributed by atoms with Gasteiger partial charge in [0.1, 0.15) is 5.56 Å². The maximum atomic E-state index is 11.1. The first-order chi connectivity index (χ1) is 8.50. The maximum Gasteiger partial charge on any atom is 0.339 e. The third-order valence-electron chi connectivity index (χ3n) is 2.57. The number of anilines is 1. The molecule has 7 heteroatoms. The Morgan fingerprint density at radius 3 is 2.89 bits per heavy atom. The molecule has 2 aromatic rings. The lowest BCUT2D eigenvalue weighted by Gasteiger charge is -2.11. The van der Waals surface area contributed by atoms with E-state index in [1.54, 1.807) is 24.9 Å². The quantitative estimate of drug-likeness (QED) is 0.728. The number of rotatable bonds is 4. The second kappa shape index (κ2) is 4.61. The van der Waals surface area contributed by atoms with Crippen molar-refractivity contribution in [2.45, 2.75) is 13.0 Å². The first kappa shape index (κ1) is 12.3. The largest absolute Gasteiger partial charge is 0.478 e. The molecule has 3 N–H and O–H groups in total. The minimum Gasteiger partial charge on any atom is -0.478 e. The summed E-state index contributed by atoms with van der Waals surface area (Å²) in [4.78, 5) is 15.2. The van der Waals surface area contributed by atoms with Gasteiger partial charge in [0.15, 0.2) is 5.65 Å². The number of fused-ring (bicyclic) bond motifs is 1. The van der Waals surface area contributed by atoms with Gasteiger partial charge < -0.3 is 15.5 Å². The van der Waals surface area contributed by atoms with Crippen LogP contribution in [0.15, 0.2) is 12.4 Å². The van der Waals surface area contributed by atoms with Gasteiger partial charge >= 0.3 is 5.97 Å². The zero-order valence-electron chi connectivity index (χ0n) is 10.1. The molecule has 0 amide bonds. The van der Waals surface area contributed by atoms with Crippen LogP contribution in [0.3, 0.4) is 0 Å². The van der Waals surface area contributed by atoms with Crippen LogP contribution in [-0.2, 0) is 7.05 Å². The molecule has 0 aliphatic carbocycles. The van der Waals surface area contributed by atoms with Crippen LogP contribution in [0.2, 0.25) is 0 Å². The van der Waals surface area contributed by atoms with E-state index in [2.05, 4.69) is 15.4 Å².